The first-order chi connectivity index (χ1) is 8.13. The first-order valence-electron chi connectivity index (χ1n) is 5.90. The van der Waals surface area contributed by atoms with Crippen LogP contribution < -0.4 is 5.32 Å². The third-order valence-electron chi connectivity index (χ3n) is 2.99. The van der Waals surface area contributed by atoms with Crippen molar-refractivity contribution >= 4 is 17.2 Å². The Balaban J connectivity index is 2.26. The molecule has 1 aliphatic rings. The van der Waals surface area contributed by atoms with Gasteiger partial charge >= 0.3 is 0 Å². The molecule has 2 rings (SSSR count). The van der Waals surface area contributed by atoms with Crippen LogP contribution in [-0.2, 0) is 0 Å². The number of allylic oxidation sites excluding steroid dienone is 1. The molecule has 0 saturated carbocycles. The van der Waals surface area contributed by atoms with E-state index in [2.05, 4.69) is 11.9 Å². The summed E-state index contributed by atoms with van der Waals surface area (Å²) in [4.78, 5) is 14.0. The molecule has 0 bridgehead atoms. The topological polar surface area (TPSA) is 45.5 Å². The van der Waals surface area contributed by atoms with Gasteiger partial charge in [0.2, 0.25) is 0 Å². The van der Waals surface area contributed by atoms with Crippen molar-refractivity contribution < 1.29 is 9.21 Å². The molecule has 2 heterocycles. The summed E-state index contributed by atoms with van der Waals surface area (Å²) >= 11 is 0. The number of hydrogen-bond donors (Lipinski definition) is 1. The van der Waals surface area contributed by atoms with Gasteiger partial charge in [-0.3, -0.25) is 4.79 Å². The van der Waals surface area contributed by atoms with Crippen LogP contribution in [0.4, 0.5) is 5.69 Å². The summed E-state index contributed by atoms with van der Waals surface area (Å²) in [6.45, 7) is 7.37. The minimum atomic E-state index is -0.0218. The van der Waals surface area contributed by atoms with Crippen LogP contribution in [-0.4, -0.2) is 30.9 Å². The smallest absolute Gasteiger partial charge is 0.289 e. The molecule has 1 aromatic rings. The fourth-order valence-electron chi connectivity index (χ4n) is 2.08. The quantitative estimate of drug-likeness (QED) is 0.874. The number of furan rings is 1. The van der Waals surface area contributed by atoms with E-state index in [1.165, 1.54) is 0 Å². The predicted octanol–water partition coefficient (Wildman–Crippen LogP) is 2.59. The van der Waals surface area contributed by atoms with Crippen molar-refractivity contribution in [3.05, 3.63) is 24.2 Å². The molecule has 1 aliphatic heterocycles. The Morgan fingerprint density at radius 3 is 2.59 bits per heavy atom. The van der Waals surface area contributed by atoms with Crippen molar-refractivity contribution in [3.8, 4) is 0 Å². The molecule has 0 aliphatic carbocycles. The summed E-state index contributed by atoms with van der Waals surface area (Å²) in [5, 5.41) is 3.02. The van der Waals surface area contributed by atoms with Crippen LogP contribution in [0.15, 0.2) is 17.1 Å². The van der Waals surface area contributed by atoms with E-state index < -0.39 is 0 Å². The number of carbonyl (C=O) groups is 1. The van der Waals surface area contributed by atoms with Crippen LogP contribution in [0.2, 0.25) is 0 Å². The van der Waals surface area contributed by atoms with Gasteiger partial charge in [0.05, 0.1) is 5.69 Å². The normalized spacial score (nSPS) is 15.1. The SMILES string of the molecule is C=C(C)c1oc(C(=O)N2CCCC2)cc1NC. The Hall–Kier alpha value is -1.71. The van der Waals surface area contributed by atoms with Crippen molar-refractivity contribution in [2.45, 2.75) is 19.8 Å². The molecular weight excluding hydrogens is 216 g/mol. The Kier molecular flexibility index (Phi) is 3.22. The third kappa shape index (κ3) is 2.20. The van der Waals surface area contributed by atoms with Crippen molar-refractivity contribution in [2.75, 3.05) is 25.5 Å². The highest BCUT2D eigenvalue weighted by Gasteiger charge is 2.24. The standard InChI is InChI=1S/C13H18N2O2/c1-9(2)12-10(14-3)8-11(17-12)13(16)15-6-4-5-7-15/h8,14H,1,4-7H2,2-3H3. The van der Waals surface area contributed by atoms with Gasteiger partial charge in [0, 0.05) is 26.2 Å². The Morgan fingerprint density at radius 1 is 1.47 bits per heavy atom. The molecule has 1 saturated heterocycles. The van der Waals surface area contributed by atoms with Gasteiger partial charge in [-0.1, -0.05) is 6.58 Å². The molecule has 0 unspecified atom stereocenters. The summed E-state index contributed by atoms with van der Waals surface area (Å²) in [5.41, 5.74) is 1.63. The Morgan fingerprint density at radius 2 is 2.12 bits per heavy atom. The van der Waals surface area contributed by atoms with E-state index in [1.807, 2.05) is 11.8 Å². The van der Waals surface area contributed by atoms with Gasteiger partial charge in [-0.25, -0.2) is 0 Å². The van der Waals surface area contributed by atoms with E-state index in [1.54, 1.807) is 13.1 Å². The summed E-state index contributed by atoms with van der Waals surface area (Å²) in [7, 11) is 1.81. The Labute approximate surface area is 101 Å². The number of likely N-dealkylation sites (tertiary alicyclic amines) is 1. The highest BCUT2D eigenvalue weighted by atomic mass is 16.4. The maximum Gasteiger partial charge on any atom is 0.289 e. The first-order valence-corrected chi connectivity index (χ1v) is 5.90. The van der Waals surface area contributed by atoms with Gasteiger partial charge in [0.25, 0.3) is 5.91 Å². The fourth-order valence-corrected chi connectivity index (χ4v) is 2.08. The fraction of sp³-hybridized carbons (Fsp3) is 0.462. The van der Waals surface area contributed by atoms with Gasteiger partial charge in [-0.2, -0.15) is 0 Å². The molecule has 4 heteroatoms. The van der Waals surface area contributed by atoms with E-state index in [9.17, 15) is 4.79 Å². The Bertz CT molecular complexity index is 442. The minimum Gasteiger partial charge on any atom is -0.449 e. The second-order valence-corrected chi connectivity index (χ2v) is 4.38. The lowest BCUT2D eigenvalue weighted by Gasteiger charge is -2.12. The second-order valence-electron chi connectivity index (χ2n) is 4.38. The van der Waals surface area contributed by atoms with Crippen LogP contribution in [0, 0.1) is 0 Å². The van der Waals surface area contributed by atoms with E-state index in [0.29, 0.717) is 11.5 Å². The minimum absolute atomic E-state index is 0.0218. The lowest BCUT2D eigenvalue weighted by atomic mass is 10.2. The van der Waals surface area contributed by atoms with Gasteiger partial charge in [-0.15, -0.1) is 0 Å². The molecule has 1 amide bonds. The van der Waals surface area contributed by atoms with Gasteiger partial charge in [-0.05, 0) is 25.3 Å². The highest BCUT2D eigenvalue weighted by Crippen LogP contribution is 2.27. The number of hydrogen-bond acceptors (Lipinski definition) is 3. The molecule has 0 radical (unpaired) electrons. The molecule has 0 atom stereocenters. The van der Waals surface area contributed by atoms with Crippen molar-refractivity contribution in [3.63, 3.8) is 0 Å². The molecule has 1 N–H and O–H groups in total. The van der Waals surface area contributed by atoms with Crippen molar-refractivity contribution in [1.29, 1.82) is 0 Å². The van der Waals surface area contributed by atoms with Crippen molar-refractivity contribution in [2.24, 2.45) is 0 Å². The van der Waals surface area contributed by atoms with E-state index in [0.717, 1.165) is 37.2 Å². The molecule has 92 valence electrons. The number of nitrogens with zero attached hydrogens (tertiary/aromatic N) is 1. The number of rotatable bonds is 3. The summed E-state index contributed by atoms with van der Waals surface area (Å²) in [6, 6.07) is 1.75. The monoisotopic (exact) mass is 234 g/mol. The third-order valence-corrected chi connectivity index (χ3v) is 2.99. The van der Waals surface area contributed by atoms with E-state index >= 15 is 0 Å². The number of nitrogens with one attached hydrogen (secondary N) is 1. The van der Waals surface area contributed by atoms with Crippen LogP contribution in [0.25, 0.3) is 5.57 Å². The van der Waals surface area contributed by atoms with Crippen LogP contribution in [0.1, 0.15) is 36.1 Å². The number of carbonyl (C=O) groups excluding carboxylic acids is 1. The summed E-state index contributed by atoms with van der Waals surface area (Å²) in [6.07, 6.45) is 2.16. The van der Waals surface area contributed by atoms with E-state index in [-0.39, 0.29) is 5.91 Å². The van der Waals surface area contributed by atoms with Gasteiger partial charge in [0.15, 0.2) is 11.5 Å². The van der Waals surface area contributed by atoms with Crippen molar-refractivity contribution in [1.82, 2.24) is 4.90 Å². The molecular formula is C13H18N2O2. The van der Waals surface area contributed by atoms with Crippen LogP contribution >= 0.6 is 0 Å². The molecule has 0 spiro atoms. The predicted molar refractivity (Wildman–Crippen MR) is 68.1 cm³/mol. The van der Waals surface area contributed by atoms with E-state index in [4.69, 9.17) is 4.42 Å². The van der Waals surface area contributed by atoms with Crippen LogP contribution in [0.3, 0.4) is 0 Å². The molecule has 0 aromatic carbocycles. The lowest BCUT2D eigenvalue weighted by Crippen LogP contribution is -2.27. The zero-order chi connectivity index (χ0) is 12.4. The summed E-state index contributed by atoms with van der Waals surface area (Å²) < 4.78 is 5.59. The maximum atomic E-state index is 12.1. The maximum absolute atomic E-state index is 12.1. The second kappa shape index (κ2) is 4.65. The summed E-state index contributed by atoms with van der Waals surface area (Å²) in [5.74, 6) is 1.04. The largest absolute Gasteiger partial charge is 0.449 e. The average molecular weight is 234 g/mol. The molecule has 4 nitrogen and oxygen atoms in total. The number of amides is 1. The number of anilines is 1. The van der Waals surface area contributed by atoms with Gasteiger partial charge < -0.3 is 14.6 Å². The zero-order valence-corrected chi connectivity index (χ0v) is 10.4. The highest BCUT2D eigenvalue weighted by molar-refractivity contribution is 5.93. The molecule has 1 fully saturated rings. The zero-order valence-electron chi connectivity index (χ0n) is 10.4. The lowest BCUT2D eigenvalue weighted by molar-refractivity contribution is 0.0761. The average Bonchev–Trinajstić information content (AvgIpc) is 2.97. The van der Waals surface area contributed by atoms with Crippen LogP contribution in [0.5, 0.6) is 0 Å². The molecule has 1 aromatic heterocycles. The van der Waals surface area contributed by atoms with Gasteiger partial charge in [0.1, 0.15) is 0 Å². The first kappa shape index (κ1) is 11.8. The molecule has 17 heavy (non-hydrogen) atoms.